The fourth-order valence-electron chi connectivity index (χ4n) is 2.42. The first-order valence-electron chi connectivity index (χ1n) is 17.4. The van der Waals surface area contributed by atoms with Crippen LogP contribution >= 0.6 is 0 Å². The maximum absolute atomic E-state index is 11.6. The summed E-state index contributed by atoms with van der Waals surface area (Å²) in [5.74, 6) is -5.76. The van der Waals surface area contributed by atoms with Crippen molar-refractivity contribution in [2.75, 3.05) is 27.1 Å². The van der Waals surface area contributed by atoms with Gasteiger partial charge in [0.1, 0.15) is 0 Å². The van der Waals surface area contributed by atoms with Gasteiger partial charge in [0, 0.05) is 42.3 Å². The summed E-state index contributed by atoms with van der Waals surface area (Å²) in [6, 6.07) is -1.24. The van der Waals surface area contributed by atoms with Crippen LogP contribution in [-0.4, -0.2) is 43.2 Å². The molecule has 1 saturated heterocycles. The Kier molecular flexibility index (Phi) is 1.41. The van der Waals surface area contributed by atoms with E-state index in [4.69, 9.17) is 38.3 Å². The quantitative estimate of drug-likeness (QED) is 0.903. The van der Waals surface area contributed by atoms with Crippen molar-refractivity contribution in [1.82, 2.24) is 4.90 Å². The van der Waals surface area contributed by atoms with E-state index >= 15 is 0 Å². The number of benzene rings is 1. The highest BCUT2D eigenvalue weighted by molar-refractivity contribution is 5.49. The molecule has 0 amide bonds. The van der Waals surface area contributed by atoms with Gasteiger partial charge in [-0.1, -0.05) is 20.6 Å². The van der Waals surface area contributed by atoms with Crippen LogP contribution in [0.5, 0.6) is 11.5 Å². The van der Waals surface area contributed by atoms with Crippen LogP contribution in [-0.2, 0) is 6.37 Å². The number of nitrogens with zero attached hydrogens (tertiary/aromatic N) is 1. The zero-order chi connectivity index (χ0) is 35.8. The number of hydrogen-bond donors (Lipinski definition) is 1. The van der Waals surface area contributed by atoms with Gasteiger partial charge in [-0.15, -0.1) is 0 Å². The van der Waals surface area contributed by atoms with Crippen molar-refractivity contribution in [3.05, 3.63) is 23.3 Å². The van der Waals surface area contributed by atoms with Gasteiger partial charge in [0.15, 0.2) is 11.5 Å². The third kappa shape index (κ3) is 3.40. The lowest BCUT2D eigenvalue weighted by atomic mass is 9.75. The van der Waals surface area contributed by atoms with Gasteiger partial charge < -0.3 is 14.6 Å². The predicted octanol–water partition coefficient (Wildman–Crippen LogP) is 3.42. The van der Waals surface area contributed by atoms with Crippen LogP contribution in [0.15, 0.2) is 12.1 Å². The molecular weight excluding hydrogens is 302 g/mol. The molecule has 4 heteroatoms. The monoisotopic (exact) mass is 354 g/mol. The van der Waals surface area contributed by atoms with Gasteiger partial charge >= 0.3 is 0 Å². The number of methoxy groups -OCH3 is 2. The van der Waals surface area contributed by atoms with E-state index in [1.165, 1.54) is 0 Å². The van der Waals surface area contributed by atoms with E-state index in [1.54, 1.807) is 0 Å². The summed E-state index contributed by atoms with van der Waals surface area (Å²) in [6.07, 6.45) is -16.3. The molecule has 3 rings (SSSR count). The summed E-state index contributed by atoms with van der Waals surface area (Å²) in [5, 5.41) is 11.6. The van der Waals surface area contributed by atoms with E-state index in [0.717, 1.165) is 13.2 Å². The van der Waals surface area contributed by atoms with Crippen molar-refractivity contribution >= 4 is 0 Å². The first-order chi connectivity index (χ1) is 19.5. The maximum Gasteiger partial charge on any atom is 0.161 e. The molecule has 134 valence electrons. The zero-order valence-electron chi connectivity index (χ0n) is 33.9. The summed E-state index contributed by atoms with van der Waals surface area (Å²) < 4.78 is 185. The molecule has 0 saturated carbocycles. The molecule has 0 radical (unpaired) electrons. The molecule has 2 heterocycles. The van der Waals surface area contributed by atoms with Gasteiger partial charge in [-0.05, 0) is 53.7 Å². The molecule has 1 aromatic rings. The Bertz CT molecular complexity index is 1330. The first-order valence-corrected chi connectivity index (χ1v) is 6.93. The molecule has 1 N–H and O–H groups in total. The minimum Gasteiger partial charge on any atom is -0.493 e. The zero-order valence-corrected chi connectivity index (χ0v) is 12.9. The average Bonchev–Trinajstić information content (AvgIpc) is 2.81. The van der Waals surface area contributed by atoms with E-state index in [0.29, 0.717) is 6.07 Å². The topological polar surface area (TPSA) is 41.9 Å². The maximum atomic E-state index is 11.6. The van der Waals surface area contributed by atoms with Crippen molar-refractivity contribution in [2.24, 2.45) is 11.3 Å². The summed E-state index contributed by atoms with van der Waals surface area (Å²) in [7, 11) is -2.16. The van der Waals surface area contributed by atoms with Gasteiger partial charge in [0.2, 0.25) is 0 Å². The van der Waals surface area contributed by atoms with Crippen molar-refractivity contribution in [3.8, 4) is 11.5 Å². The van der Waals surface area contributed by atoms with E-state index < -0.39 is 98.9 Å². The third-order valence-corrected chi connectivity index (χ3v) is 3.43. The number of aliphatic hydroxyl groups is 1. The Morgan fingerprint density at radius 3 is 2.96 bits per heavy atom. The normalized spacial score (nSPS) is 57.0. The Morgan fingerprint density at radius 1 is 1.46 bits per heavy atom. The fourth-order valence-corrected chi connectivity index (χ4v) is 2.42. The molecule has 24 heavy (non-hydrogen) atoms. The van der Waals surface area contributed by atoms with Gasteiger partial charge in [0.25, 0.3) is 0 Å². The Balaban J connectivity index is 2.57. The standard InChI is InChI=1S/C20H31NO3/c1-20(2,3)11-14-12-21-7-6-13-8-18(23-4)19(24-5)9-15(13)16(21)10-17(14)22/h8-9,14,16-17,22H,6-7,10-12H2,1-5H3/i1D3,2D3,4D3,6D2,7D2,10D2,11D2,12D2,14D,17D. The first kappa shape index (κ1) is 5.14. The van der Waals surface area contributed by atoms with Crippen LogP contribution in [0.4, 0.5) is 0 Å². The molecule has 1 aromatic carbocycles. The SMILES string of the molecule is [2H]C([2H])([2H])Oc1cc2c(cc1OC)C1N(C([2H])([2H])C2([2H])[2H])C([2H])([2H])C([2H])(C([2H])([2H])C(C)(C([2H])([2H])[2H])C([2H])([2H])[2H])C([2H])(O)C1([2H])[2H]. The molecule has 0 aromatic heterocycles. The molecule has 4 nitrogen and oxygen atoms in total. The second-order valence-electron chi connectivity index (χ2n) is 5.43. The van der Waals surface area contributed by atoms with Crippen molar-refractivity contribution in [3.63, 3.8) is 0 Å². The Labute approximate surface area is 175 Å². The Hall–Kier alpha value is -1.26. The van der Waals surface area contributed by atoms with Gasteiger partial charge in [-0.25, -0.2) is 0 Å². The van der Waals surface area contributed by atoms with Crippen LogP contribution in [0.1, 0.15) is 79.3 Å². The smallest absolute Gasteiger partial charge is 0.161 e. The van der Waals surface area contributed by atoms with E-state index in [9.17, 15) is 5.11 Å². The second kappa shape index (κ2) is 6.57. The van der Waals surface area contributed by atoms with Gasteiger partial charge in [-0.3, -0.25) is 4.90 Å². The van der Waals surface area contributed by atoms with Crippen LogP contribution in [0.3, 0.4) is 0 Å². The van der Waals surface area contributed by atoms with Crippen LogP contribution in [0.2, 0.25) is 0 Å². The number of ether oxygens (including phenoxy) is 2. The highest BCUT2D eigenvalue weighted by Gasteiger charge is 2.39. The summed E-state index contributed by atoms with van der Waals surface area (Å²) >= 11 is 0. The van der Waals surface area contributed by atoms with Gasteiger partial charge in [0.05, 0.1) is 25.7 Å². The lowest BCUT2D eigenvalue weighted by Gasteiger charge is -2.47. The summed E-state index contributed by atoms with van der Waals surface area (Å²) in [6.45, 7) is -15.7. The number of piperidine rings is 1. The molecule has 0 spiro atoms. The van der Waals surface area contributed by atoms with E-state index in [-0.39, 0.29) is 11.8 Å². The minimum atomic E-state index is -4.56. The molecule has 1 fully saturated rings. The van der Waals surface area contributed by atoms with E-state index in [2.05, 4.69) is 0 Å². The number of fused-ring (bicyclic) bond motifs is 3. The van der Waals surface area contributed by atoms with Crippen molar-refractivity contribution in [1.29, 1.82) is 0 Å². The minimum absolute atomic E-state index is 0.286. The van der Waals surface area contributed by atoms with Crippen LogP contribution in [0.25, 0.3) is 0 Å². The third-order valence-electron chi connectivity index (χ3n) is 3.43. The lowest BCUT2D eigenvalue weighted by Crippen LogP contribution is -2.48. The second-order valence-corrected chi connectivity index (χ2v) is 5.43. The molecule has 2 aliphatic rings. The highest BCUT2D eigenvalue weighted by Crippen LogP contribution is 2.44. The summed E-state index contributed by atoms with van der Waals surface area (Å²) in [5.41, 5.74) is -5.40. The van der Waals surface area contributed by atoms with Crippen molar-refractivity contribution in [2.45, 2.75) is 51.9 Å². The molecular formula is C20H31NO3. The van der Waals surface area contributed by atoms with Gasteiger partial charge in [-0.2, -0.15) is 0 Å². The number of hydrogen-bond acceptors (Lipinski definition) is 4. The molecule has 0 aliphatic carbocycles. The number of aryl methyl sites for hydroxylation is 1. The largest absolute Gasteiger partial charge is 0.493 e. The van der Waals surface area contributed by atoms with E-state index in [1.807, 2.05) is 0 Å². The summed E-state index contributed by atoms with van der Waals surface area (Å²) in [4.78, 5) is -0.292. The molecule has 3 unspecified atom stereocenters. The fraction of sp³-hybridized carbons (Fsp3) is 0.700. The molecule has 0 bridgehead atoms. The Morgan fingerprint density at radius 2 is 2.25 bits per heavy atom. The number of rotatable bonds is 3. The predicted molar refractivity (Wildman–Crippen MR) is 95.7 cm³/mol. The van der Waals surface area contributed by atoms with Crippen LogP contribution in [0, 0.1) is 11.3 Å². The molecule has 3 atom stereocenters. The average molecular weight is 355 g/mol. The molecule has 2 aliphatic heterocycles. The van der Waals surface area contributed by atoms with Crippen molar-refractivity contribution < 1.29 is 43.4 Å². The highest BCUT2D eigenvalue weighted by atomic mass is 16.5. The lowest BCUT2D eigenvalue weighted by molar-refractivity contribution is -0.0259. The van der Waals surface area contributed by atoms with Crippen LogP contribution < -0.4 is 9.47 Å².